The molecule has 0 saturated carbocycles. The van der Waals surface area contributed by atoms with E-state index in [0.29, 0.717) is 22.1 Å². The first kappa shape index (κ1) is 21.7. The van der Waals surface area contributed by atoms with Crippen LogP contribution in [0.1, 0.15) is 12.5 Å². The lowest BCUT2D eigenvalue weighted by Gasteiger charge is -2.15. The first-order chi connectivity index (χ1) is 14.2. The number of benzene rings is 3. The number of ether oxygens (including phenoxy) is 1. The first-order valence-electron chi connectivity index (χ1n) is 9.15. The van der Waals surface area contributed by atoms with E-state index in [4.69, 9.17) is 16.3 Å². The number of rotatable bonds is 7. The van der Waals surface area contributed by atoms with Crippen LogP contribution in [0.25, 0.3) is 0 Å². The number of hydrogen-bond acceptors (Lipinski definition) is 4. The molecule has 6 nitrogen and oxygen atoms in total. The molecule has 3 aromatic rings. The molecule has 0 bridgehead atoms. The highest BCUT2D eigenvalue weighted by atomic mass is 35.5. The number of sulfonamides is 1. The molecular formula is C22H21ClN2O4S. The van der Waals surface area contributed by atoms with Crippen molar-refractivity contribution in [1.82, 2.24) is 0 Å². The summed E-state index contributed by atoms with van der Waals surface area (Å²) < 4.78 is 33.2. The van der Waals surface area contributed by atoms with Gasteiger partial charge in [-0.1, -0.05) is 23.7 Å². The van der Waals surface area contributed by atoms with Gasteiger partial charge in [0.2, 0.25) is 0 Å². The zero-order chi connectivity index (χ0) is 21.7. The van der Waals surface area contributed by atoms with Gasteiger partial charge in [0.15, 0.2) is 6.10 Å². The number of aryl methyl sites for hydroxylation is 1. The van der Waals surface area contributed by atoms with Crippen LogP contribution < -0.4 is 14.8 Å². The summed E-state index contributed by atoms with van der Waals surface area (Å²) in [5.74, 6) is 0.157. The van der Waals surface area contributed by atoms with E-state index in [1.807, 2.05) is 13.0 Å². The van der Waals surface area contributed by atoms with Crippen molar-refractivity contribution in [3.05, 3.63) is 83.4 Å². The first-order valence-corrected chi connectivity index (χ1v) is 11.0. The molecule has 1 atom stereocenters. The molecule has 30 heavy (non-hydrogen) atoms. The van der Waals surface area contributed by atoms with E-state index in [1.54, 1.807) is 49.4 Å². The van der Waals surface area contributed by atoms with Crippen molar-refractivity contribution in [2.45, 2.75) is 24.8 Å². The average Bonchev–Trinajstić information content (AvgIpc) is 2.70. The van der Waals surface area contributed by atoms with Crippen molar-refractivity contribution in [3.8, 4) is 5.75 Å². The van der Waals surface area contributed by atoms with Crippen LogP contribution in [0.4, 0.5) is 11.4 Å². The van der Waals surface area contributed by atoms with Crippen molar-refractivity contribution in [2.24, 2.45) is 0 Å². The van der Waals surface area contributed by atoms with Crippen molar-refractivity contribution >= 4 is 38.9 Å². The number of amides is 1. The summed E-state index contributed by atoms with van der Waals surface area (Å²) in [6, 6.07) is 19.7. The second-order valence-corrected chi connectivity index (χ2v) is 8.82. The third-order valence-electron chi connectivity index (χ3n) is 4.20. The maximum absolute atomic E-state index is 12.6. The zero-order valence-electron chi connectivity index (χ0n) is 16.4. The summed E-state index contributed by atoms with van der Waals surface area (Å²) in [6.45, 7) is 3.50. The molecule has 156 valence electrons. The molecule has 0 fully saturated rings. The maximum Gasteiger partial charge on any atom is 0.265 e. The Bertz CT molecular complexity index is 1130. The van der Waals surface area contributed by atoms with E-state index in [2.05, 4.69) is 10.0 Å². The summed E-state index contributed by atoms with van der Waals surface area (Å²) in [6.07, 6.45) is -0.752. The molecular weight excluding hydrogens is 424 g/mol. The fourth-order valence-electron chi connectivity index (χ4n) is 2.65. The van der Waals surface area contributed by atoms with Crippen molar-refractivity contribution in [2.75, 3.05) is 10.0 Å². The highest BCUT2D eigenvalue weighted by Gasteiger charge is 2.17. The van der Waals surface area contributed by atoms with Crippen LogP contribution >= 0.6 is 11.6 Å². The van der Waals surface area contributed by atoms with Crippen molar-refractivity contribution < 1.29 is 17.9 Å². The minimum absolute atomic E-state index is 0.0902. The fourth-order valence-corrected chi connectivity index (χ4v) is 3.83. The van der Waals surface area contributed by atoms with Crippen LogP contribution in [-0.2, 0) is 14.8 Å². The molecule has 3 rings (SSSR count). The third kappa shape index (κ3) is 5.75. The maximum atomic E-state index is 12.6. The van der Waals surface area contributed by atoms with Gasteiger partial charge < -0.3 is 10.1 Å². The van der Waals surface area contributed by atoms with Gasteiger partial charge >= 0.3 is 0 Å². The highest BCUT2D eigenvalue weighted by molar-refractivity contribution is 7.92. The van der Waals surface area contributed by atoms with E-state index in [0.717, 1.165) is 5.56 Å². The number of nitrogens with one attached hydrogen (secondary N) is 2. The van der Waals surface area contributed by atoms with Gasteiger partial charge in [0.25, 0.3) is 15.9 Å². The number of hydrogen-bond donors (Lipinski definition) is 2. The SMILES string of the molecule is Cc1cccc(NS(=O)(=O)c2ccc(NC(=O)[C@@H](C)Oc3ccc(Cl)cc3)cc2)c1. The Morgan fingerprint density at radius 1 is 0.967 bits per heavy atom. The summed E-state index contributed by atoms with van der Waals surface area (Å²) in [4.78, 5) is 12.4. The normalized spacial score (nSPS) is 12.1. The Hall–Kier alpha value is -3.03. The quantitative estimate of drug-likeness (QED) is 0.545. The average molecular weight is 445 g/mol. The summed E-state index contributed by atoms with van der Waals surface area (Å²) in [5.41, 5.74) is 1.89. The largest absolute Gasteiger partial charge is 0.481 e. The molecule has 2 N–H and O–H groups in total. The minimum atomic E-state index is -3.73. The Labute approximate surface area is 180 Å². The fraction of sp³-hybridized carbons (Fsp3) is 0.136. The lowest BCUT2D eigenvalue weighted by atomic mass is 10.2. The third-order valence-corrected chi connectivity index (χ3v) is 5.85. The van der Waals surface area contributed by atoms with Crippen molar-refractivity contribution in [1.29, 1.82) is 0 Å². The summed E-state index contributed by atoms with van der Waals surface area (Å²) in [7, 11) is -3.73. The lowest BCUT2D eigenvalue weighted by Crippen LogP contribution is -2.30. The molecule has 0 saturated heterocycles. The van der Waals surface area contributed by atoms with Gasteiger partial charge in [0.05, 0.1) is 4.90 Å². The van der Waals surface area contributed by atoms with E-state index in [1.165, 1.54) is 24.3 Å². The molecule has 0 heterocycles. The van der Waals surface area contributed by atoms with Gasteiger partial charge in [-0.3, -0.25) is 9.52 Å². The van der Waals surface area contributed by atoms with E-state index in [9.17, 15) is 13.2 Å². The number of carbonyl (C=O) groups excluding carboxylic acids is 1. The molecule has 0 radical (unpaired) electrons. The zero-order valence-corrected chi connectivity index (χ0v) is 18.0. The molecule has 0 aliphatic carbocycles. The lowest BCUT2D eigenvalue weighted by molar-refractivity contribution is -0.122. The van der Waals surface area contributed by atoms with Crippen molar-refractivity contribution in [3.63, 3.8) is 0 Å². The van der Waals surface area contributed by atoms with Gasteiger partial charge in [-0.2, -0.15) is 0 Å². The van der Waals surface area contributed by atoms with Crippen LogP contribution in [0.15, 0.2) is 77.7 Å². The predicted octanol–water partition coefficient (Wildman–Crippen LogP) is 4.86. The summed E-state index contributed by atoms with van der Waals surface area (Å²) in [5, 5.41) is 3.28. The van der Waals surface area contributed by atoms with Gasteiger partial charge in [-0.25, -0.2) is 8.42 Å². The second-order valence-electron chi connectivity index (χ2n) is 6.70. The molecule has 0 unspecified atom stereocenters. The molecule has 8 heteroatoms. The molecule has 0 aliphatic heterocycles. The van der Waals surface area contributed by atoms with Crippen LogP contribution in [-0.4, -0.2) is 20.4 Å². The Balaban J connectivity index is 1.63. The van der Waals surface area contributed by atoms with Gasteiger partial charge in [0.1, 0.15) is 5.75 Å². The molecule has 0 spiro atoms. The molecule has 1 amide bonds. The standard InChI is InChI=1S/C22H21ClN2O4S/c1-15-4-3-5-19(14-15)25-30(27,28)21-12-8-18(9-13-21)24-22(26)16(2)29-20-10-6-17(23)7-11-20/h3-14,16,25H,1-2H3,(H,24,26)/t16-/m1/s1. The topological polar surface area (TPSA) is 84.5 Å². The summed E-state index contributed by atoms with van der Waals surface area (Å²) >= 11 is 5.83. The molecule has 0 aliphatic rings. The van der Waals surface area contributed by atoms with Crippen LogP contribution in [0.3, 0.4) is 0 Å². The number of carbonyl (C=O) groups is 1. The predicted molar refractivity (Wildman–Crippen MR) is 119 cm³/mol. The van der Waals surface area contributed by atoms with E-state index >= 15 is 0 Å². The Morgan fingerprint density at radius 2 is 1.63 bits per heavy atom. The second kappa shape index (κ2) is 9.19. The molecule has 3 aromatic carbocycles. The Morgan fingerprint density at radius 3 is 2.27 bits per heavy atom. The van der Waals surface area contributed by atoms with E-state index in [-0.39, 0.29) is 10.8 Å². The van der Waals surface area contributed by atoms with Gasteiger partial charge in [0, 0.05) is 16.4 Å². The smallest absolute Gasteiger partial charge is 0.265 e. The molecule has 0 aromatic heterocycles. The highest BCUT2D eigenvalue weighted by Crippen LogP contribution is 2.20. The Kier molecular flexibility index (Phi) is 6.64. The van der Waals surface area contributed by atoms with Crippen LogP contribution in [0, 0.1) is 6.92 Å². The van der Waals surface area contributed by atoms with Gasteiger partial charge in [-0.15, -0.1) is 0 Å². The van der Waals surface area contributed by atoms with Crippen LogP contribution in [0.2, 0.25) is 5.02 Å². The monoisotopic (exact) mass is 444 g/mol. The van der Waals surface area contributed by atoms with Gasteiger partial charge in [-0.05, 0) is 80.1 Å². The van der Waals surface area contributed by atoms with E-state index < -0.39 is 16.1 Å². The van der Waals surface area contributed by atoms with Crippen LogP contribution in [0.5, 0.6) is 5.75 Å². The number of anilines is 2. The minimum Gasteiger partial charge on any atom is -0.481 e. The number of halogens is 1.